The molecular formula is C7H11N2+. The number of hydrogen-bond donors (Lipinski definition) is 0. The van der Waals surface area contributed by atoms with Gasteiger partial charge in [-0.1, -0.05) is 4.98 Å². The second-order valence-electron chi connectivity index (χ2n) is 2.24. The van der Waals surface area contributed by atoms with E-state index in [1.807, 2.05) is 13.8 Å². The summed E-state index contributed by atoms with van der Waals surface area (Å²) >= 11 is 0. The van der Waals surface area contributed by atoms with E-state index in [1.54, 1.807) is 6.33 Å². The summed E-state index contributed by atoms with van der Waals surface area (Å²) in [7, 11) is 0. The van der Waals surface area contributed by atoms with Gasteiger partial charge < -0.3 is 0 Å². The second kappa shape index (κ2) is 2.13. The van der Waals surface area contributed by atoms with Crippen molar-refractivity contribution in [2.75, 3.05) is 0 Å². The summed E-state index contributed by atoms with van der Waals surface area (Å²) in [6.45, 7) is 6.12. The fraction of sp³-hybridized carbons (Fsp3) is 0.429. The SMILES string of the molecule is Cc1nc[nH+]c(C)c1C. The third-order valence-electron chi connectivity index (χ3n) is 1.64. The van der Waals surface area contributed by atoms with Crippen molar-refractivity contribution in [3.63, 3.8) is 0 Å². The van der Waals surface area contributed by atoms with Crippen molar-refractivity contribution in [2.45, 2.75) is 20.8 Å². The summed E-state index contributed by atoms with van der Waals surface area (Å²) in [5, 5.41) is 0. The Morgan fingerprint density at radius 2 is 2.00 bits per heavy atom. The van der Waals surface area contributed by atoms with Crippen LogP contribution in [0.1, 0.15) is 17.0 Å². The number of H-pyrrole nitrogens is 1. The van der Waals surface area contributed by atoms with Crippen molar-refractivity contribution < 1.29 is 4.98 Å². The van der Waals surface area contributed by atoms with Gasteiger partial charge in [0.1, 0.15) is 5.69 Å². The smallest absolute Gasteiger partial charge is 0.248 e. The Morgan fingerprint density at radius 1 is 1.33 bits per heavy atom. The van der Waals surface area contributed by atoms with Gasteiger partial charge in [0.15, 0.2) is 5.69 Å². The van der Waals surface area contributed by atoms with Crippen LogP contribution in [-0.2, 0) is 0 Å². The van der Waals surface area contributed by atoms with E-state index in [1.165, 1.54) is 11.3 Å². The molecule has 1 aromatic rings. The molecule has 0 spiro atoms. The van der Waals surface area contributed by atoms with Gasteiger partial charge in [0.2, 0.25) is 0 Å². The van der Waals surface area contributed by atoms with E-state index in [9.17, 15) is 0 Å². The summed E-state index contributed by atoms with van der Waals surface area (Å²) in [4.78, 5) is 7.11. The molecule has 0 fully saturated rings. The molecule has 2 nitrogen and oxygen atoms in total. The highest BCUT2D eigenvalue weighted by Gasteiger charge is 2.02. The van der Waals surface area contributed by atoms with E-state index < -0.39 is 0 Å². The zero-order valence-electron chi connectivity index (χ0n) is 6.02. The lowest BCUT2D eigenvalue weighted by Gasteiger charge is -1.91. The molecule has 0 bridgehead atoms. The Hall–Kier alpha value is -0.920. The quantitative estimate of drug-likeness (QED) is 0.501. The first kappa shape index (κ1) is 6.20. The minimum Gasteiger partial charge on any atom is -0.248 e. The van der Waals surface area contributed by atoms with Crippen LogP contribution in [0.25, 0.3) is 0 Å². The molecule has 1 heterocycles. The number of rotatable bonds is 0. The Morgan fingerprint density at radius 3 is 2.44 bits per heavy atom. The Bertz CT molecular complexity index is 198. The minimum atomic E-state index is 1.10. The second-order valence-corrected chi connectivity index (χ2v) is 2.24. The molecule has 0 radical (unpaired) electrons. The van der Waals surface area contributed by atoms with Gasteiger partial charge in [-0.25, -0.2) is 4.98 Å². The molecule has 0 unspecified atom stereocenters. The largest absolute Gasteiger partial charge is 0.284 e. The fourth-order valence-electron chi connectivity index (χ4n) is 0.702. The van der Waals surface area contributed by atoms with Gasteiger partial charge >= 0.3 is 0 Å². The average Bonchev–Trinajstić information content (AvgIpc) is 1.83. The lowest BCUT2D eigenvalue weighted by molar-refractivity contribution is -0.393. The third kappa shape index (κ3) is 1.07. The van der Waals surface area contributed by atoms with Crippen LogP contribution in [0.2, 0.25) is 0 Å². The van der Waals surface area contributed by atoms with E-state index in [-0.39, 0.29) is 0 Å². The normalized spacial score (nSPS) is 9.67. The first-order chi connectivity index (χ1) is 4.22. The highest BCUT2D eigenvalue weighted by atomic mass is 14.8. The topological polar surface area (TPSA) is 27.0 Å². The average molecular weight is 123 g/mol. The highest BCUT2D eigenvalue weighted by Crippen LogP contribution is 2.00. The summed E-state index contributed by atoms with van der Waals surface area (Å²) < 4.78 is 0. The third-order valence-corrected chi connectivity index (χ3v) is 1.64. The Kier molecular flexibility index (Phi) is 1.47. The van der Waals surface area contributed by atoms with Gasteiger partial charge in [-0.05, 0) is 13.8 Å². The maximum atomic E-state index is 4.08. The number of aryl methyl sites for hydroxylation is 2. The highest BCUT2D eigenvalue weighted by molar-refractivity contribution is 5.16. The molecule has 1 aromatic heterocycles. The number of aromatic amines is 1. The van der Waals surface area contributed by atoms with E-state index in [0.717, 1.165) is 5.69 Å². The van der Waals surface area contributed by atoms with Crippen LogP contribution in [0.5, 0.6) is 0 Å². The van der Waals surface area contributed by atoms with Gasteiger partial charge in [0, 0.05) is 12.5 Å². The van der Waals surface area contributed by atoms with Crippen LogP contribution < -0.4 is 4.98 Å². The van der Waals surface area contributed by atoms with Gasteiger partial charge in [0.05, 0.1) is 0 Å². The molecule has 9 heavy (non-hydrogen) atoms. The Balaban J connectivity index is 3.25. The first-order valence-corrected chi connectivity index (χ1v) is 3.02. The summed E-state index contributed by atoms with van der Waals surface area (Å²) in [6, 6.07) is 0. The molecule has 0 aliphatic heterocycles. The van der Waals surface area contributed by atoms with Gasteiger partial charge in [-0.2, -0.15) is 0 Å². The molecule has 1 N–H and O–H groups in total. The van der Waals surface area contributed by atoms with Gasteiger partial charge in [0.25, 0.3) is 6.33 Å². The van der Waals surface area contributed by atoms with Crippen molar-refractivity contribution in [2.24, 2.45) is 0 Å². The monoisotopic (exact) mass is 123 g/mol. The van der Waals surface area contributed by atoms with Crippen molar-refractivity contribution >= 4 is 0 Å². The van der Waals surface area contributed by atoms with Gasteiger partial charge in [-0.15, -0.1) is 0 Å². The van der Waals surface area contributed by atoms with E-state index in [2.05, 4.69) is 16.9 Å². The van der Waals surface area contributed by atoms with E-state index >= 15 is 0 Å². The van der Waals surface area contributed by atoms with Crippen molar-refractivity contribution in [3.05, 3.63) is 23.3 Å². The molecule has 0 aromatic carbocycles. The van der Waals surface area contributed by atoms with Crippen molar-refractivity contribution in [1.82, 2.24) is 4.98 Å². The fourth-order valence-corrected chi connectivity index (χ4v) is 0.702. The molecule has 2 heteroatoms. The standard InChI is InChI=1S/C7H10N2/c1-5-6(2)8-4-9-7(5)3/h4H,1-3H3/p+1. The minimum absolute atomic E-state index is 1.10. The molecule has 48 valence electrons. The zero-order valence-corrected chi connectivity index (χ0v) is 6.02. The molecule has 1 rings (SSSR count). The van der Waals surface area contributed by atoms with Crippen LogP contribution in [0, 0.1) is 20.8 Å². The molecule has 0 saturated carbocycles. The van der Waals surface area contributed by atoms with Gasteiger partial charge in [-0.3, -0.25) is 0 Å². The number of hydrogen-bond acceptors (Lipinski definition) is 1. The van der Waals surface area contributed by atoms with Crippen LogP contribution in [0.3, 0.4) is 0 Å². The van der Waals surface area contributed by atoms with E-state index in [4.69, 9.17) is 0 Å². The number of nitrogens with zero attached hydrogens (tertiary/aromatic N) is 1. The van der Waals surface area contributed by atoms with Crippen LogP contribution in [-0.4, -0.2) is 4.98 Å². The van der Waals surface area contributed by atoms with Crippen LogP contribution in [0.4, 0.5) is 0 Å². The summed E-state index contributed by atoms with van der Waals surface area (Å²) in [6.07, 6.45) is 1.72. The molecule has 0 saturated heterocycles. The predicted octanol–water partition coefficient (Wildman–Crippen LogP) is 0.821. The molecular weight excluding hydrogens is 112 g/mol. The first-order valence-electron chi connectivity index (χ1n) is 3.02. The molecule has 0 aliphatic carbocycles. The van der Waals surface area contributed by atoms with Crippen LogP contribution >= 0.6 is 0 Å². The predicted molar refractivity (Wildman–Crippen MR) is 35.0 cm³/mol. The number of aromatic nitrogens is 2. The zero-order chi connectivity index (χ0) is 6.85. The van der Waals surface area contributed by atoms with Crippen molar-refractivity contribution in [1.29, 1.82) is 0 Å². The van der Waals surface area contributed by atoms with E-state index in [0.29, 0.717) is 0 Å². The summed E-state index contributed by atoms with van der Waals surface area (Å²) in [5.74, 6) is 0. The number of nitrogens with one attached hydrogen (secondary N) is 1. The van der Waals surface area contributed by atoms with Crippen LogP contribution in [0.15, 0.2) is 6.33 Å². The van der Waals surface area contributed by atoms with Crippen molar-refractivity contribution in [3.8, 4) is 0 Å². The lowest BCUT2D eigenvalue weighted by Crippen LogP contribution is -2.11. The molecule has 0 amide bonds. The summed E-state index contributed by atoms with van der Waals surface area (Å²) in [5.41, 5.74) is 3.55. The lowest BCUT2D eigenvalue weighted by atomic mass is 10.2. The molecule has 0 atom stereocenters. The molecule has 0 aliphatic rings. The maximum absolute atomic E-state index is 4.08. The maximum Gasteiger partial charge on any atom is 0.284 e. The Labute approximate surface area is 55.0 Å².